The molecule has 0 unspecified atom stereocenters. The van der Waals surface area contributed by atoms with Gasteiger partial charge >= 0.3 is 5.97 Å². The Hall–Kier alpha value is -2.58. The first-order valence-corrected chi connectivity index (χ1v) is 7.21. The minimum absolute atomic E-state index is 0.235. The fourth-order valence-corrected chi connectivity index (χ4v) is 2.23. The fourth-order valence-electron chi connectivity index (χ4n) is 1.85. The summed E-state index contributed by atoms with van der Waals surface area (Å²) in [5, 5.41) is 17.8. The van der Waals surface area contributed by atoms with Crippen molar-refractivity contribution in [1.82, 2.24) is 0 Å². The summed E-state index contributed by atoms with van der Waals surface area (Å²) < 4.78 is 6.56. The zero-order chi connectivity index (χ0) is 15.9. The molecule has 2 aromatic rings. The van der Waals surface area contributed by atoms with E-state index in [1.165, 1.54) is 6.08 Å². The van der Waals surface area contributed by atoms with Crippen molar-refractivity contribution in [2.75, 3.05) is 0 Å². The van der Waals surface area contributed by atoms with Crippen molar-refractivity contribution in [1.29, 1.82) is 5.26 Å². The highest BCUT2D eigenvalue weighted by atomic mass is 79.9. The van der Waals surface area contributed by atoms with Crippen molar-refractivity contribution in [3.8, 4) is 11.8 Å². The lowest BCUT2D eigenvalue weighted by Gasteiger charge is -2.10. The highest BCUT2D eigenvalue weighted by Gasteiger charge is 2.06. The Bertz CT molecular complexity index is 763. The van der Waals surface area contributed by atoms with Crippen LogP contribution in [0.3, 0.4) is 0 Å². The molecule has 0 heterocycles. The summed E-state index contributed by atoms with van der Waals surface area (Å²) in [4.78, 5) is 10.7. The van der Waals surface area contributed by atoms with Crippen LogP contribution in [0.15, 0.2) is 53.0 Å². The molecular formula is C17H12BrNO3. The molecule has 110 valence electrons. The van der Waals surface area contributed by atoms with E-state index >= 15 is 0 Å². The summed E-state index contributed by atoms with van der Waals surface area (Å²) in [6.45, 7) is 0.235. The highest BCUT2D eigenvalue weighted by Crippen LogP contribution is 2.25. The zero-order valence-corrected chi connectivity index (χ0v) is 13.1. The quantitative estimate of drug-likeness (QED) is 0.821. The third-order valence-electron chi connectivity index (χ3n) is 2.90. The highest BCUT2D eigenvalue weighted by molar-refractivity contribution is 9.10. The van der Waals surface area contributed by atoms with Gasteiger partial charge in [-0.3, -0.25) is 0 Å². The molecule has 0 radical (unpaired) electrons. The van der Waals surface area contributed by atoms with E-state index in [0.717, 1.165) is 16.1 Å². The van der Waals surface area contributed by atoms with Gasteiger partial charge in [-0.15, -0.1) is 0 Å². The molecule has 0 amide bonds. The van der Waals surface area contributed by atoms with Gasteiger partial charge < -0.3 is 9.84 Å². The number of carboxylic acids is 1. The summed E-state index contributed by atoms with van der Waals surface area (Å²) in [6.07, 6.45) is 2.52. The number of benzene rings is 2. The summed E-state index contributed by atoms with van der Waals surface area (Å²) >= 11 is 3.34. The number of ether oxygens (including phenoxy) is 1. The van der Waals surface area contributed by atoms with E-state index in [9.17, 15) is 4.79 Å². The monoisotopic (exact) mass is 357 g/mol. The zero-order valence-electron chi connectivity index (χ0n) is 11.5. The molecule has 0 aliphatic carbocycles. The second kappa shape index (κ2) is 7.43. The van der Waals surface area contributed by atoms with Gasteiger partial charge in [0.15, 0.2) is 0 Å². The maximum absolute atomic E-state index is 10.7. The van der Waals surface area contributed by atoms with Crippen molar-refractivity contribution in [3.05, 3.63) is 69.7 Å². The molecule has 4 nitrogen and oxygen atoms in total. The number of carboxylic acid groups (broad SMARTS) is 1. The van der Waals surface area contributed by atoms with Crippen LogP contribution in [0.5, 0.6) is 5.75 Å². The van der Waals surface area contributed by atoms with Crippen LogP contribution in [0.2, 0.25) is 0 Å². The van der Waals surface area contributed by atoms with Gasteiger partial charge in [-0.25, -0.2) is 4.79 Å². The third kappa shape index (κ3) is 4.21. The maximum atomic E-state index is 10.7. The van der Waals surface area contributed by atoms with E-state index in [1.807, 2.05) is 18.2 Å². The van der Waals surface area contributed by atoms with Gasteiger partial charge in [-0.05, 0) is 30.3 Å². The molecule has 0 aliphatic rings. The molecule has 0 atom stereocenters. The van der Waals surface area contributed by atoms with E-state index < -0.39 is 5.97 Å². The normalized spacial score (nSPS) is 10.4. The molecule has 2 rings (SSSR count). The molecule has 5 heteroatoms. The number of hydrogen-bond acceptors (Lipinski definition) is 3. The summed E-state index contributed by atoms with van der Waals surface area (Å²) in [5.74, 6) is -0.478. The lowest BCUT2D eigenvalue weighted by atomic mass is 10.1. The predicted molar refractivity (Wildman–Crippen MR) is 86.3 cm³/mol. The average molecular weight is 358 g/mol. The van der Waals surface area contributed by atoms with Crippen LogP contribution in [-0.4, -0.2) is 11.1 Å². The van der Waals surface area contributed by atoms with E-state index in [-0.39, 0.29) is 6.61 Å². The minimum atomic E-state index is -1.03. The number of halogens is 1. The van der Waals surface area contributed by atoms with E-state index in [4.69, 9.17) is 15.1 Å². The topological polar surface area (TPSA) is 70.3 Å². The molecule has 0 saturated carbocycles. The predicted octanol–water partition coefficient (Wildman–Crippen LogP) is 4.00. The van der Waals surface area contributed by atoms with Gasteiger partial charge in [0.25, 0.3) is 0 Å². The van der Waals surface area contributed by atoms with Gasteiger partial charge in [0.05, 0.1) is 11.6 Å². The minimum Gasteiger partial charge on any atom is -0.488 e. The van der Waals surface area contributed by atoms with Crippen molar-refractivity contribution < 1.29 is 14.6 Å². The van der Waals surface area contributed by atoms with Crippen molar-refractivity contribution >= 4 is 28.0 Å². The van der Waals surface area contributed by atoms with Crippen LogP contribution in [0, 0.1) is 11.3 Å². The molecule has 0 saturated heterocycles. The first-order valence-electron chi connectivity index (χ1n) is 6.41. The largest absolute Gasteiger partial charge is 0.488 e. The van der Waals surface area contributed by atoms with Gasteiger partial charge in [0.2, 0.25) is 0 Å². The third-order valence-corrected chi connectivity index (χ3v) is 3.39. The molecule has 0 spiro atoms. The van der Waals surface area contributed by atoms with E-state index in [2.05, 4.69) is 22.0 Å². The van der Waals surface area contributed by atoms with Gasteiger partial charge in [0, 0.05) is 21.7 Å². The Kier molecular flexibility index (Phi) is 5.34. The van der Waals surface area contributed by atoms with Gasteiger partial charge in [0.1, 0.15) is 12.4 Å². The number of hydrogen-bond donors (Lipinski definition) is 1. The molecule has 0 bridgehead atoms. The Balaban J connectivity index is 2.23. The standard InChI is InChI=1S/C17H12BrNO3/c18-15-6-7-16(12(9-15)5-8-17(20)21)22-11-14-4-2-1-3-13(14)10-19/h1-9H,11H2,(H,20,21)/b8-5+. The summed E-state index contributed by atoms with van der Waals surface area (Å²) in [6, 6.07) is 14.6. The van der Waals surface area contributed by atoms with Crippen molar-refractivity contribution in [2.24, 2.45) is 0 Å². The molecule has 0 aromatic heterocycles. The number of nitrogens with zero attached hydrogens (tertiary/aromatic N) is 1. The van der Waals surface area contributed by atoms with Crippen LogP contribution in [0.4, 0.5) is 0 Å². The van der Waals surface area contributed by atoms with Crippen molar-refractivity contribution in [2.45, 2.75) is 6.61 Å². The molecule has 0 fully saturated rings. The second-order valence-electron chi connectivity index (χ2n) is 4.41. The van der Waals surface area contributed by atoms with Crippen LogP contribution >= 0.6 is 15.9 Å². The molecular weight excluding hydrogens is 346 g/mol. The van der Waals surface area contributed by atoms with Crippen LogP contribution in [0.25, 0.3) is 6.08 Å². The van der Waals surface area contributed by atoms with Crippen LogP contribution < -0.4 is 4.74 Å². The van der Waals surface area contributed by atoms with Gasteiger partial charge in [-0.2, -0.15) is 5.26 Å². The maximum Gasteiger partial charge on any atom is 0.328 e. The average Bonchev–Trinajstić information content (AvgIpc) is 2.52. The molecule has 22 heavy (non-hydrogen) atoms. The lowest BCUT2D eigenvalue weighted by molar-refractivity contribution is -0.131. The number of aliphatic carboxylic acids is 1. The van der Waals surface area contributed by atoms with Crippen LogP contribution in [-0.2, 0) is 11.4 Å². The van der Waals surface area contributed by atoms with Crippen LogP contribution in [0.1, 0.15) is 16.7 Å². The van der Waals surface area contributed by atoms with E-state index in [0.29, 0.717) is 16.9 Å². The first-order chi connectivity index (χ1) is 10.6. The number of rotatable bonds is 5. The lowest BCUT2D eigenvalue weighted by Crippen LogP contribution is -1.99. The SMILES string of the molecule is N#Cc1ccccc1COc1ccc(Br)cc1/C=C/C(=O)O. The number of nitriles is 1. The number of carbonyl (C=O) groups is 1. The Morgan fingerprint density at radius 2 is 2.09 bits per heavy atom. The Labute approximate surface area is 136 Å². The van der Waals surface area contributed by atoms with E-state index in [1.54, 1.807) is 24.3 Å². The summed E-state index contributed by atoms with van der Waals surface area (Å²) in [5.41, 5.74) is 1.98. The fraction of sp³-hybridized carbons (Fsp3) is 0.0588. The summed E-state index contributed by atoms with van der Waals surface area (Å²) in [7, 11) is 0. The molecule has 1 N–H and O–H groups in total. The molecule has 2 aromatic carbocycles. The first kappa shape index (κ1) is 15.8. The molecule has 0 aliphatic heterocycles. The Morgan fingerprint density at radius 3 is 2.82 bits per heavy atom. The van der Waals surface area contributed by atoms with Crippen molar-refractivity contribution in [3.63, 3.8) is 0 Å². The van der Waals surface area contributed by atoms with Gasteiger partial charge in [-0.1, -0.05) is 34.1 Å². The smallest absolute Gasteiger partial charge is 0.328 e. The second-order valence-corrected chi connectivity index (χ2v) is 5.33. The Morgan fingerprint density at radius 1 is 1.32 bits per heavy atom.